The van der Waals surface area contributed by atoms with Crippen molar-refractivity contribution in [3.8, 4) is 0 Å². The number of nitrogens with zero attached hydrogens (tertiary/aromatic N) is 1. The first kappa shape index (κ1) is 22.5. The lowest BCUT2D eigenvalue weighted by Gasteiger charge is -2.18. The Morgan fingerprint density at radius 1 is 1.07 bits per heavy atom. The van der Waals surface area contributed by atoms with Crippen molar-refractivity contribution in [2.75, 3.05) is 19.3 Å². The van der Waals surface area contributed by atoms with E-state index in [9.17, 15) is 13.2 Å². The number of carbonyl (C=O) groups is 1. The Morgan fingerprint density at radius 3 is 2.47 bits per heavy atom. The van der Waals surface area contributed by atoms with Crippen molar-refractivity contribution in [2.45, 2.75) is 49.6 Å². The number of amides is 1. The molecule has 2 N–H and O–H groups in total. The minimum absolute atomic E-state index is 0.00598. The predicted molar refractivity (Wildman–Crippen MR) is 119 cm³/mol. The molecule has 0 aliphatic carbocycles. The van der Waals surface area contributed by atoms with Crippen LogP contribution >= 0.6 is 0 Å². The van der Waals surface area contributed by atoms with E-state index in [-0.39, 0.29) is 23.0 Å². The zero-order chi connectivity index (χ0) is 21.6. The standard InChI is InChI=1S/C23H31N3O3S/c1-18-10-12-21(13-11-18)30(28,29)16-14-23(27)26(2)15-6-9-20-17-22(25-24-20)19-7-4-3-5-8-19/h3-5,7-8,10-13,20,22,24-25H,6,9,14-17H2,1-2H3. The molecule has 2 aromatic rings. The van der Waals surface area contributed by atoms with Gasteiger partial charge in [0.1, 0.15) is 0 Å². The topological polar surface area (TPSA) is 78.5 Å². The monoisotopic (exact) mass is 429 g/mol. The summed E-state index contributed by atoms with van der Waals surface area (Å²) in [6.45, 7) is 2.53. The van der Waals surface area contributed by atoms with Crippen LogP contribution in [0.4, 0.5) is 0 Å². The molecule has 6 nitrogen and oxygen atoms in total. The van der Waals surface area contributed by atoms with Crippen molar-refractivity contribution < 1.29 is 13.2 Å². The molecule has 2 aromatic carbocycles. The third-order valence-corrected chi connectivity index (χ3v) is 7.35. The van der Waals surface area contributed by atoms with E-state index in [4.69, 9.17) is 0 Å². The van der Waals surface area contributed by atoms with Gasteiger partial charge in [-0.15, -0.1) is 0 Å². The molecular weight excluding hydrogens is 398 g/mol. The lowest BCUT2D eigenvalue weighted by Crippen LogP contribution is -2.33. The van der Waals surface area contributed by atoms with Crippen LogP contribution in [0.2, 0.25) is 0 Å². The Bertz CT molecular complexity index is 930. The summed E-state index contributed by atoms with van der Waals surface area (Å²) >= 11 is 0. The fourth-order valence-electron chi connectivity index (χ4n) is 3.69. The van der Waals surface area contributed by atoms with Crippen LogP contribution in [0, 0.1) is 6.92 Å². The molecule has 0 bridgehead atoms. The van der Waals surface area contributed by atoms with Crippen molar-refractivity contribution in [1.29, 1.82) is 0 Å². The van der Waals surface area contributed by atoms with E-state index in [1.165, 1.54) is 5.56 Å². The number of hydrazine groups is 1. The Balaban J connectivity index is 1.38. The summed E-state index contributed by atoms with van der Waals surface area (Å²) in [5, 5.41) is 0. The minimum Gasteiger partial charge on any atom is -0.346 e. The van der Waals surface area contributed by atoms with Gasteiger partial charge in [0, 0.05) is 32.1 Å². The molecule has 7 heteroatoms. The van der Waals surface area contributed by atoms with Gasteiger partial charge < -0.3 is 4.90 Å². The van der Waals surface area contributed by atoms with Crippen LogP contribution in [-0.4, -0.2) is 44.6 Å². The van der Waals surface area contributed by atoms with Crippen LogP contribution in [0.25, 0.3) is 0 Å². The molecule has 1 aliphatic heterocycles. The first-order chi connectivity index (χ1) is 14.3. The van der Waals surface area contributed by atoms with E-state index in [2.05, 4.69) is 23.0 Å². The highest BCUT2D eigenvalue weighted by atomic mass is 32.2. The van der Waals surface area contributed by atoms with Crippen molar-refractivity contribution in [2.24, 2.45) is 0 Å². The molecule has 0 saturated carbocycles. The second-order valence-corrected chi connectivity index (χ2v) is 10.1. The van der Waals surface area contributed by atoms with Crippen LogP contribution in [-0.2, 0) is 14.6 Å². The van der Waals surface area contributed by atoms with Crippen molar-refractivity contribution in [3.05, 3.63) is 65.7 Å². The van der Waals surface area contributed by atoms with Gasteiger partial charge in [0.05, 0.1) is 10.6 Å². The molecule has 0 radical (unpaired) electrons. The first-order valence-electron chi connectivity index (χ1n) is 10.4. The smallest absolute Gasteiger partial charge is 0.223 e. The zero-order valence-corrected chi connectivity index (χ0v) is 18.5. The third kappa shape index (κ3) is 6.14. The number of nitrogens with one attached hydrogen (secondary N) is 2. The van der Waals surface area contributed by atoms with Gasteiger partial charge in [0.2, 0.25) is 5.91 Å². The van der Waals surface area contributed by atoms with Crippen LogP contribution in [0.5, 0.6) is 0 Å². The van der Waals surface area contributed by atoms with Crippen LogP contribution in [0.3, 0.4) is 0 Å². The Kier molecular flexibility index (Phi) is 7.64. The summed E-state index contributed by atoms with van der Waals surface area (Å²) in [7, 11) is -1.69. The molecule has 30 heavy (non-hydrogen) atoms. The number of carbonyl (C=O) groups excluding carboxylic acids is 1. The van der Waals surface area contributed by atoms with Gasteiger partial charge in [0.15, 0.2) is 9.84 Å². The van der Waals surface area contributed by atoms with E-state index in [1.807, 2.05) is 25.1 Å². The number of hydrogen-bond donors (Lipinski definition) is 2. The Hall–Kier alpha value is -2.22. The van der Waals surface area contributed by atoms with E-state index < -0.39 is 9.84 Å². The fraction of sp³-hybridized carbons (Fsp3) is 0.435. The van der Waals surface area contributed by atoms with Crippen molar-refractivity contribution >= 4 is 15.7 Å². The number of aryl methyl sites for hydroxylation is 1. The highest BCUT2D eigenvalue weighted by molar-refractivity contribution is 7.91. The highest BCUT2D eigenvalue weighted by Gasteiger charge is 2.24. The largest absolute Gasteiger partial charge is 0.346 e. The molecular formula is C23H31N3O3S. The molecule has 1 fully saturated rings. The van der Waals surface area contributed by atoms with E-state index in [0.717, 1.165) is 24.8 Å². The van der Waals surface area contributed by atoms with Crippen molar-refractivity contribution in [1.82, 2.24) is 15.8 Å². The quantitative estimate of drug-likeness (QED) is 0.641. The summed E-state index contributed by atoms with van der Waals surface area (Å²) in [6.07, 6.45) is 2.84. The average Bonchev–Trinajstić information content (AvgIpc) is 3.22. The highest BCUT2D eigenvalue weighted by Crippen LogP contribution is 2.23. The van der Waals surface area contributed by atoms with Crippen LogP contribution in [0.1, 0.15) is 42.9 Å². The number of benzene rings is 2. The zero-order valence-electron chi connectivity index (χ0n) is 17.7. The normalized spacial score (nSPS) is 19.0. The molecule has 1 heterocycles. The second-order valence-electron chi connectivity index (χ2n) is 8.02. The third-order valence-electron chi connectivity index (χ3n) is 5.62. The van der Waals surface area contributed by atoms with Crippen LogP contribution in [0.15, 0.2) is 59.5 Å². The predicted octanol–water partition coefficient (Wildman–Crippen LogP) is 3.01. The summed E-state index contributed by atoms with van der Waals surface area (Å²) < 4.78 is 24.8. The SMILES string of the molecule is Cc1ccc(S(=O)(=O)CCC(=O)N(C)CCCC2CC(c3ccccc3)NN2)cc1. The Morgan fingerprint density at radius 2 is 1.77 bits per heavy atom. The van der Waals surface area contributed by atoms with Gasteiger partial charge in [-0.1, -0.05) is 48.0 Å². The first-order valence-corrected chi connectivity index (χ1v) is 12.1. The van der Waals surface area contributed by atoms with Crippen LogP contribution < -0.4 is 10.9 Å². The minimum atomic E-state index is -3.44. The molecule has 3 rings (SSSR count). The van der Waals surface area contributed by atoms with Gasteiger partial charge >= 0.3 is 0 Å². The van der Waals surface area contributed by atoms with Crippen molar-refractivity contribution in [3.63, 3.8) is 0 Å². The Labute approximate surface area is 179 Å². The number of hydrogen-bond acceptors (Lipinski definition) is 5. The summed E-state index contributed by atoms with van der Waals surface area (Å²) in [6, 6.07) is 17.8. The summed E-state index contributed by atoms with van der Waals surface area (Å²) in [5.41, 5.74) is 8.96. The molecule has 2 atom stereocenters. The maximum atomic E-state index is 12.4. The summed E-state index contributed by atoms with van der Waals surface area (Å²) in [5.74, 6) is -0.295. The van der Waals surface area contributed by atoms with Gasteiger partial charge in [-0.2, -0.15) is 0 Å². The van der Waals surface area contributed by atoms with Gasteiger partial charge in [-0.3, -0.25) is 15.6 Å². The number of sulfone groups is 1. The van der Waals surface area contributed by atoms with E-state index in [1.54, 1.807) is 36.2 Å². The van der Waals surface area contributed by atoms with Gasteiger partial charge in [-0.25, -0.2) is 8.42 Å². The van der Waals surface area contributed by atoms with Gasteiger partial charge in [-0.05, 0) is 43.9 Å². The molecule has 162 valence electrons. The molecule has 1 saturated heterocycles. The molecule has 0 spiro atoms. The van der Waals surface area contributed by atoms with E-state index in [0.29, 0.717) is 18.6 Å². The maximum absolute atomic E-state index is 12.4. The average molecular weight is 430 g/mol. The van der Waals surface area contributed by atoms with Gasteiger partial charge in [0.25, 0.3) is 0 Å². The second kappa shape index (κ2) is 10.2. The molecule has 1 aliphatic rings. The maximum Gasteiger partial charge on any atom is 0.223 e. The molecule has 1 amide bonds. The molecule has 0 aromatic heterocycles. The lowest BCUT2D eigenvalue weighted by molar-refractivity contribution is -0.129. The fourth-order valence-corrected chi connectivity index (χ4v) is 4.92. The number of rotatable bonds is 9. The lowest BCUT2D eigenvalue weighted by atomic mass is 10.00. The summed E-state index contributed by atoms with van der Waals surface area (Å²) in [4.78, 5) is 14.3. The molecule has 2 unspecified atom stereocenters. The van der Waals surface area contributed by atoms with E-state index >= 15 is 0 Å².